The molecule has 1 aliphatic rings. The number of amides is 3. The van der Waals surface area contributed by atoms with Gasteiger partial charge in [-0.25, -0.2) is 4.79 Å². The second kappa shape index (κ2) is 7.23. The van der Waals surface area contributed by atoms with Gasteiger partial charge in [-0.2, -0.15) is 0 Å². The quantitative estimate of drug-likeness (QED) is 0.900. The van der Waals surface area contributed by atoms with Gasteiger partial charge in [0.2, 0.25) is 0 Å². The van der Waals surface area contributed by atoms with Gasteiger partial charge in [0.1, 0.15) is 0 Å². The minimum atomic E-state index is -0.422. The van der Waals surface area contributed by atoms with Gasteiger partial charge in [0.25, 0.3) is 5.91 Å². The molecule has 0 radical (unpaired) electrons. The summed E-state index contributed by atoms with van der Waals surface area (Å²) in [5, 5.41) is 0. The molecule has 1 aromatic heterocycles. The first-order valence-electron chi connectivity index (χ1n) is 8.98. The summed E-state index contributed by atoms with van der Waals surface area (Å²) in [6.45, 7) is 8.26. The first kappa shape index (κ1) is 18.0. The molecule has 3 rings (SSSR count). The molecule has 0 spiro atoms. The van der Waals surface area contributed by atoms with Gasteiger partial charge in [-0.1, -0.05) is 11.6 Å². The summed E-state index contributed by atoms with van der Waals surface area (Å²) in [6.07, 6.45) is 0.734. The molecular weight excluding hydrogens is 328 g/mol. The van der Waals surface area contributed by atoms with Crippen LogP contribution in [0, 0.1) is 20.8 Å². The SMILES string of the molecule is Cc1ccc(-n2c(C)ccc2C)c(C(=O)N2CCCN(C(N)=O)CC2)c1. The van der Waals surface area contributed by atoms with E-state index in [9.17, 15) is 9.59 Å². The van der Waals surface area contributed by atoms with Gasteiger partial charge in [0.05, 0.1) is 11.3 Å². The third-order valence-corrected chi connectivity index (χ3v) is 4.99. The van der Waals surface area contributed by atoms with Gasteiger partial charge in [0.15, 0.2) is 0 Å². The Kier molecular flexibility index (Phi) is 5.02. The Bertz CT molecular complexity index is 821. The number of urea groups is 1. The zero-order valence-corrected chi connectivity index (χ0v) is 15.7. The summed E-state index contributed by atoms with van der Waals surface area (Å²) >= 11 is 0. The molecule has 0 atom stereocenters. The standard InChI is InChI=1S/C20H26N4O2/c1-14-5-8-18(24-15(2)6-7-16(24)3)17(13-14)19(25)22-9-4-10-23(12-11-22)20(21)26/h5-8,13H,4,9-12H2,1-3H3,(H2,21,26). The average molecular weight is 354 g/mol. The molecule has 1 aliphatic heterocycles. The van der Waals surface area contributed by atoms with Gasteiger partial charge in [-0.3, -0.25) is 4.79 Å². The van der Waals surface area contributed by atoms with E-state index in [0.29, 0.717) is 31.7 Å². The zero-order valence-electron chi connectivity index (χ0n) is 15.7. The van der Waals surface area contributed by atoms with Gasteiger partial charge >= 0.3 is 6.03 Å². The highest BCUT2D eigenvalue weighted by atomic mass is 16.2. The predicted molar refractivity (Wildman–Crippen MR) is 102 cm³/mol. The predicted octanol–water partition coefficient (Wildman–Crippen LogP) is 2.63. The van der Waals surface area contributed by atoms with Gasteiger partial charge in [0, 0.05) is 37.6 Å². The van der Waals surface area contributed by atoms with E-state index in [4.69, 9.17) is 5.73 Å². The maximum Gasteiger partial charge on any atom is 0.314 e. The highest BCUT2D eigenvalue weighted by Gasteiger charge is 2.24. The Hall–Kier alpha value is -2.76. The molecular formula is C20H26N4O2. The van der Waals surface area contributed by atoms with Crippen LogP contribution in [0.4, 0.5) is 4.79 Å². The lowest BCUT2D eigenvalue weighted by molar-refractivity contribution is 0.0762. The molecule has 2 aromatic rings. The molecule has 1 saturated heterocycles. The van der Waals surface area contributed by atoms with Crippen molar-refractivity contribution < 1.29 is 9.59 Å². The highest BCUT2D eigenvalue weighted by Crippen LogP contribution is 2.23. The third-order valence-electron chi connectivity index (χ3n) is 4.99. The van der Waals surface area contributed by atoms with Crippen molar-refractivity contribution in [3.8, 4) is 5.69 Å². The van der Waals surface area contributed by atoms with Crippen molar-refractivity contribution in [3.05, 3.63) is 52.8 Å². The normalized spacial score (nSPS) is 15.0. The molecule has 1 fully saturated rings. The van der Waals surface area contributed by atoms with Crippen molar-refractivity contribution in [2.45, 2.75) is 27.2 Å². The number of aromatic nitrogens is 1. The molecule has 6 nitrogen and oxygen atoms in total. The Morgan fingerprint density at radius 1 is 0.885 bits per heavy atom. The largest absolute Gasteiger partial charge is 0.351 e. The first-order valence-corrected chi connectivity index (χ1v) is 8.98. The van der Waals surface area contributed by atoms with Crippen LogP contribution in [0.5, 0.6) is 0 Å². The fourth-order valence-electron chi connectivity index (χ4n) is 3.58. The smallest absolute Gasteiger partial charge is 0.314 e. The fraction of sp³-hybridized carbons (Fsp3) is 0.400. The van der Waals surface area contributed by atoms with Crippen LogP contribution in [0.2, 0.25) is 0 Å². The molecule has 2 heterocycles. The number of aryl methyl sites for hydroxylation is 3. The molecule has 138 valence electrons. The number of nitrogens with two attached hydrogens (primary N) is 1. The topological polar surface area (TPSA) is 71.6 Å². The van der Waals surface area contributed by atoms with E-state index in [-0.39, 0.29) is 5.91 Å². The van der Waals surface area contributed by atoms with Crippen LogP contribution >= 0.6 is 0 Å². The van der Waals surface area contributed by atoms with Crippen molar-refractivity contribution >= 4 is 11.9 Å². The minimum absolute atomic E-state index is 0.00233. The highest BCUT2D eigenvalue weighted by molar-refractivity contribution is 5.98. The van der Waals surface area contributed by atoms with Crippen LogP contribution in [0.15, 0.2) is 30.3 Å². The van der Waals surface area contributed by atoms with Crippen molar-refractivity contribution in [1.82, 2.24) is 14.4 Å². The minimum Gasteiger partial charge on any atom is -0.351 e. The van der Waals surface area contributed by atoms with E-state index in [2.05, 4.69) is 16.7 Å². The summed E-state index contributed by atoms with van der Waals surface area (Å²) in [7, 11) is 0. The molecule has 0 bridgehead atoms. The van der Waals surface area contributed by atoms with E-state index < -0.39 is 6.03 Å². The number of carbonyl (C=O) groups is 2. The molecule has 6 heteroatoms. The zero-order chi connectivity index (χ0) is 18.8. The lowest BCUT2D eigenvalue weighted by Crippen LogP contribution is -2.40. The average Bonchev–Trinajstić information content (AvgIpc) is 2.81. The molecule has 1 aromatic carbocycles. The summed E-state index contributed by atoms with van der Waals surface area (Å²) in [4.78, 5) is 28.2. The monoisotopic (exact) mass is 354 g/mol. The fourth-order valence-corrected chi connectivity index (χ4v) is 3.58. The Labute approximate surface area is 154 Å². The Morgan fingerprint density at radius 3 is 2.15 bits per heavy atom. The number of primary amides is 1. The maximum absolute atomic E-state index is 13.3. The first-order chi connectivity index (χ1) is 12.4. The Morgan fingerprint density at radius 2 is 1.50 bits per heavy atom. The van der Waals surface area contributed by atoms with Crippen molar-refractivity contribution in [1.29, 1.82) is 0 Å². The lowest BCUT2D eigenvalue weighted by Gasteiger charge is -2.23. The van der Waals surface area contributed by atoms with Crippen LogP contribution in [0.1, 0.15) is 33.7 Å². The second-order valence-electron chi connectivity index (χ2n) is 6.94. The Balaban J connectivity index is 1.95. The van der Waals surface area contributed by atoms with Crippen molar-refractivity contribution in [2.24, 2.45) is 5.73 Å². The molecule has 3 amide bonds. The number of carbonyl (C=O) groups excluding carboxylic acids is 2. The summed E-state index contributed by atoms with van der Waals surface area (Å²) in [5.41, 5.74) is 10.2. The number of rotatable bonds is 2. The number of hydrogen-bond donors (Lipinski definition) is 1. The maximum atomic E-state index is 13.3. The summed E-state index contributed by atoms with van der Waals surface area (Å²) in [6, 6.07) is 9.68. The van der Waals surface area contributed by atoms with E-state index in [1.54, 1.807) is 4.90 Å². The third kappa shape index (κ3) is 3.45. The van der Waals surface area contributed by atoms with Gasteiger partial charge in [-0.15, -0.1) is 0 Å². The molecule has 2 N–H and O–H groups in total. The number of hydrogen-bond acceptors (Lipinski definition) is 2. The second-order valence-corrected chi connectivity index (χ2v) is 6.94. The van der Waals surface area contributed by atoms with Crippen LogP contribution in [-0.4, -0.2) is 52.5 Å². The number of nitrogens with zero attached hydrogens (tertiary/aromatic N) is 3. The van der Waals surface area contributed by atoms with E-state index in [0.717, 1.165) is 29.1 Å². The summed E-state index contributed by atoms with van der Waals surface area (Å²) in [5.74, 6) is 0.00233. The van der Waals surface area contributed by atoms with Crippen LogP contribution < -0.4 is 5.73 Å². The molecule has 0 unspecified atom stereocenters. The molecule has 26 heavy (non-hydrogen) atoms. The van der Waals surface area contributed by atoms with Crippen LogP contribution in [0.25, 0.3) is 5.69 Å². The number of benzene rings is 1. The molecule has 0 aliphatic carbocycles. The molecule has 0 saturated carbocycles. The van der Waals surface area contributed by atoms with E-state index in [1.165, 1.54) is 0 Å². The summed E-state index contributed by atoms with van der Waals surface area (Å²) < 4.78 is 2.11. The van der Waals surface area contributed by atoms with Crippen molar-refractivity contribution in [2.75, 3.05) is 26.2 Å². The lowest BCUT2D eigenvalue weighted by atomic mass is 10.1. The van der Waals surface area contributed by atoms with Crippen molar-refractivity contribution in [3.63, 3.8) is 0 Å². The van der Waals surface area contributed by atoms with Gasteiger partial charge < -0.3 is 20.1 Å². The van der Waals surface area contributed by atoms with Crippen LogP contribution in [-0.2, 0) is 0 Å². The van der Waals surface area contributed by atoms with E-state index >= 15 is 0 Å². The van der Waals surface area contributed by atoms with Crippen LogP contribution in [0.3, 0.4) is 0 Å². The van der Waals surface area contributed by atoms with Gasteiger partial charge in [-0.05, 0) is 51.5 Å². The van der Waals surface area contributed by atoms with E-state index in [1.807, 2.05) is 43.9 Å².